The zero-order valence-electron chi connectivity index (χ0n) is 12.6. The maximum absolute atomic E-state index is 2.39. The van der Waals surface area contributed by atoms with Crippen LogP contribution in [0.3, 0.4) is 0 Å². The van der Waals surface area contributed by atoms with Gasteiger partial charge in [-0.25, -0.2) is 0 Å². The summed E-state index contributed by atoms with van der Waals surface area (Å²) < 4.78 is 0. The Morgan fingerprint density at radius 2 is 1.26 bits per heavy atom. The van der Waals surface area contributed by atoms with Crippen LogP contribution in [0.25, 0.3) is 27.6 Å². The van der Waals surface area contributed by atoms with Gasteiger partial charge in [0.1, 0.15) is 0 Å². The predicted octanol–water partition coefficient (Wildman–Crippen LogP) is 6.40. The Bertz CT molecular complexity index is 1080. The molecule has 1 unspecified atom stereocenters. The minimum Gasteiger partial charge on any atom is -0.178 e. The van der Waals surface area contributed by atoms with Crippen LogP contribution in [-0.4, -0.2) is 0 Å². The quantitative estimate of drug-likeness (QED) is 0.305. The van der Waals surface area contributed by atoms with E-state index in [0.29, 0.717) is 0 Å². The van der Waals surface area contributed by atoms with Gasteiger partial charge in [-0.05, 0) is 62.9 Å². The lowest BCUT2D eigenvalue weighted by atomic mass is 10.0. The van der Waals surface area contributed by atoms with Crippen molar-refractivity contribution in [1.29, 1.82) is 0 Å². The first-order chi connectivity index (χ1) is 11.4. The maximum atomic E-state index is 2.39. The highest BCUT2D eigenvalue weighted by Gasteiger charge is 2.17. The summed E-state index contributed by atoms with van der Waals surface area (Å²) in [6, 6.07) is 28.8. The van der Waals surface area contributed by atoms with Crippen molar-refractivity contribution in [2.24, 2.45) is 0 Å². The summed E-state index contributed by atoms with van der Waals surface area (Å²) in [5.74, 6) is 0. The molecule has 0 nitrogen and oxygen atoms in total. The topological polar surface area (TPSA) is 0 Å². The van der Waals surface area contributed by atoms with E-state index in [9.17, 15) is 0 Å². The van der Waals surface area contributed by atoms with Crippen LogP contribution in [0.1, 0.15) is 5.56 Å². The molecule has 4 aromatic rings. The van der Waals surface area contributed by atoms with Crippen LogP contribution in [-0.2, 0) is 0 Å². The lowest BCUT2D eigenvalue weighted by Crippen LogP contribution is -1.85. The van der Waals surface area contributed by atoms with E-state index in [2.05, 4.69) is 90.3 Å². The van der Waals surface area contributed by atoms with Crippen molar-refractivity contribution in [3.05, 3.63) is 89.8 Å². The second-order valence-corrected chi connectivity index (χ2v) is 7.94. The van der Waals surface area contributed by atoms with E-state index in [1.54, 1.807) is 0 Å². The lowest BCUT2D eigenvalue weighted by molar-refractivity contribution is 1.41. The first-order valence-electron chi connectivity index (χ1n) is 7.88. The SMILES string of the molecule is C1=C[SH](c2cccc3cc4ccccc4cc23)c2ccccc21. The van der Waals surface area contributed by atoms with Crippen molar-refractivity contribution in [2.75, 3.05) is 0 Å². The zero-order valence-corrected chi connectivity index (χ0v) is 13.5. The fraction of sp³-hybridized carbons (Fsp3) is 0. The summed E-state index contributed by atoms with van der Waals surface area (Å²) in [5, 5.41) is 7.75. The first-order valence-corrected chi connectivity index (χ1v) is 9.29. The third-order valence-electron chi connectivity index (χ3n) is 4.58. The van der Waals surface area contributed by atoms with Gasteiger partial charge in [0.25, 0.3) is 0 Å². The van der Waals surface area contributed by atoms with E-state index in [1.807, 2.05) is 0 Å². The Kier molecular flexibility index (Phi) is 2.82. The average molecular weight is 312 g/mol. The molecular formula is C22H16S. The van der Waals surface area contributed by atoms with E-state index < -0.39 is 10.9 Å². The highest BCUT2D eigenvalue weighted by Crippen LogP contribution is 2.54. The molecule has 0 aliphatic carbocycles. The normalized spacial score (nSPS) is 17.7. The monoisotopic (exact) mass is 312 g/mol. The molecule has 1 heteroatoms. The van der Waals surface area contributed by atoms with E-state index in [4.69, 9.17) is 0 Å². The minimum absolute atomic E-state index is 0.392. The Labute approximate surface area is 138 Å². The molecule has 23 heavy (non-hydrogen) atoms. The fourth-order valence-corrected chi connectivity index (χ4v) is 5.72. The summed E-state index contributed by atoms with van der Waals surface area (Å²) in [5.41, 5.74) is 1.37. The number of fused-ring (bicyclic) bond motifs is 3. The van der Waals surface area contributed by atoms with Gasteiger partial charge in [-0.1, -0.05) is 54.6 Å². The van der Waals surface area contributed by atoms with Gasteiger partial charge in [0.15, 0.2) is 0 Å². The van der Waals surface area contributed by atoms with Crippen LogP contribution in [0.2, 0.25) is 0 Å². The summed E-state index contributed by atoms with van der Waals surface area (Å²) in [4.78, 5) is 2.94. The molecule has 0 aromatic heterocycles. The average Bonchev–Trinajstić information content (AvgIpc) is 3.03. The molecule has 0 N–H and O–H groups in total. The number of thiol groups is 1. The van der Waals surface area contributed by atoms with Crippen molar-refractivity contribution >= 4 is 38.5 Å². The van der Waals surface area contributed by atoms with Gasteiger partial charge in [-0.3, -0.25) is 0 Å². The summed E-state index contributed by atoms with van der Waals surface area (Å²) >= 11 is 0. The van der Waals surface area contributed by atoms with Crippen molar-refractivity contribution in [3.8, 4) is 0 Å². The van der Waals surface area contributed by atoms with Crippen LogP contribution in [0, 0.1) is 0 Å². The predicted molar refractivity (Wildman–Crippen MR) is 102 cm³/mol. The molecule has 0 saturated carbocycles. The molecule has 0 amide bonds. The molecule has 0 radical (unpaired) electrons. The lowest BCUT2D eigenvalue weighted by Gasteiger charge is -2.18. The van der Waals surface area contributed by atoms with Crippen molar-refractivity contribution in [3.63, 3.8) is 0 Å². The molecule has 0 fully saturated rings. The Morgan fingerprint density at radius 3 is 2.17 bits per heavy atom. The van der Waals surface area contributed by atoms with Gasteiger partial charge in [0.2, 0.25) is 0 Å². The molecule has 0 bridgehead atoms. The number of rotatable bonds is 1. The van der Waals surface area contributed by atoms with Crippen LogP contribution in [0.4, 0.5) is 0 Å². The van der Waals surface area contributed by atoms with Gasteiger partial charge in [-0.2, -0.15) is 10.9 Å². The molecule has 1 atom stereocenters. The van der Waals surface area contributed by atoms with Gasteiger partial charge in [0.05, 0.1) is 0 Å². The smallest absolute Gasteiger partial charge is 0.00291 e. The molecule has 0 spiro atoms. The molecule has 1 aliphatic heterocycles. The van der Waals surface area contributed by atoms with Crippen molar-refractivity contribution in [1.82, 2.24) is 0 Å². The molecule has 5 rings (SSSR count). The third-order valence-corrected chi connectivity index (χ3v) is 6.87. The minimum atomic E-state index is -0.392. The highest BCUT2D eigenvalue weighted by atomic mass is 32.2. The van der Waals surface area contributed by atoms with Gasteiger partial charge < -0.3 is 0 Å². The number of hydrogen-bond acceptors (Lipinski definition) is 0. The van der Waals surface area contributed by atoms with Crippen molar-refractivity contribution in [2.45, 2.75) is 9.79 Å². The highest BCUT2D eigenvalue weighted by molar-refractivity contribution is 8.20. The van der Waals surface area contributed by atoms with E-state index in [-0.39, 0.29) is 0 Å². The Morgan fingerprint density at radius 1 is 0.565 bits per heavy atom. The van der Waals surface area contributed by atoms with Gasteiger partial charge in [-0.15, -0.1) is 0 Å². The van der Waals surface area contributed by atoms with Gasteiger partial charge in [0, 0.05) is 9.79 Å². The van der Waals surface area contributed by atoms with Crippen LogP contribution < -0.4 is 0 Å². The van der Waals surface area contributed by atoms with E-state index in [0.717, 1.165) is 0 Å². The molecule has 4 aromatic carbocycles. The van der Waals surface area contributed by atoms with E-state index in [1.165, 1.54) is 36.9 Å². The second kappa shape index (κ2) is 5.00. The fourth-order valence-electron chi connectivity index (χ4n) is 3.45. The summed E-state index contributed by atoms with van der Waals surface area (Å²) in [7, 11) is -0.392. The number of hydrogen-bond donors (Lipinski definition) is 1. The Hall–Kier alpha value is -2.51. The maximum Gasteiger partial charge on any atom is 0.00291 e. The van der Waals surface area contributed by atoms with Crippen LogP contribution in [0.5, 0.6) is 0 Å². The van der Waals surface area contributed by atoms with Gasteiger partial charge >= 0.3 is 0 Å². The number of benzene rings is 4. The molecular weight excluding hydrogens is 296 g/mol. The standard InChI is InChI=1S/C22H16S/c1-2-8-18-15-20-19(14-17(18)7-1)9-5-11-22(20)23-13-12-16-6-3-4-10-21(16)23/h1-15,23H. The summed E-state index contributed by atoms with van der Waals surface area (Å²) in [6.07, 6.45) is 2.28. The van der Waals surface area contributed by atoms with Crippen molar-refractivity contribution < 1.29 is 0 Å². The zero-order chi connectivity index (χ0) is 15.2. The largest absolute Gasteiger partial charge is 0.178 e. The Balaban J connectivity index is 1.79. The second-order valence-electron chi connectivity index (χ2n) is 5.94. The van der Waals surface area contributed by atoms with E-state index >= 15 is 0 Å². The van der Waals surface area contributed by atoms with Crippen LogP contribution in [0.15, 0.2) is 94.1 Å². The molecule has 1 aliphatic rings. The molecule has 1 heterocycles. The molecule has 110 valence electrons. The summed E-state index contributed by atoms with van der Waals surface area (Å²) in [6.45, 7) is 0. The third kappa shape index (κ3) is 2.01. The first kappa shape index (κ1) is 13.0. The van der Waals surface area contributed by atoms with Crippen LogP contribution >= 0.6 is 10.9 Å². The molecule has 0 saturated heterocycles.